The summed E-state index contributed by atoms with van der Waals surface area (Å²) < 4.78 is 7.36. The van der Waals surface area contributed by atoms with Crippen LogP contribution in [0.3, 0.4) is 0 Å². The summed E-state index contributed by atoms with van der Waals surface area (Å²) in [6, 6.07) is 18.3. The first kappa shape index (κ1) is 20.9. The standard InChI is InChI=1S/C24H27N5O2S/c1-31-21-11-9-19(10-12-21)27-13-15-28(16-14-27)22(30)17-32-24-26-25-23(18-7-8-18)29(24)20-5-3-2-4-6-20/h2-6,9-12,18H,7-8,13-17H2,1H3. The number of carbonyl (C=O) groups excluding carboxylic acids is 1. The van der Waals surface area contributed by atoms with E-state index in [4.69, 9.17) is 4.74 Å². The van der Waals surface area contributed by atoms with Crippen LogP contribution < -0.4 is 9.64 Å². The fraction of sp³-hybridized carbons (Fsp3) is 0.375. The molecular weight excluding hydrogens is 422 g/mol. The molecule has 0 atom stereocenters. The van der Waals surface area contributed by atoms with E-state index >= 15 is 0 Å². The number of carbonyl (C=O) groups is 1. The largest absolute Gasteiger partial charge is 0.497 e. The third kappa shape index (κ3) is 4.46. The Kier molecular flexibility index (Phi) is 6.03. The van der Waals surface area contributed by atoms with Gasteiger partial charge >= 0.3 is 0 Å². The zero-order valence-corrected chi connectivity index (χ0v) is 19.0. The molecule has 1 aliphatic carbocycles. The van der Waals surface area contributed by atoms with Crippen molar-refractivity contribution in [3.05, 3.63) is 60.4 Å². The number of amides is 1. The Hall–Kier alpha value is -3.00. The highest BCUT2D eigenvalue weighted by molar-refractivity contribution is 7.99. The van der Waals surface area contributed by atoms with Crippen molar-refractivity contribution in [3.63, 3.8) is 0 Å². The SMILES string of the molecule is COc1ccc(N2CCN(C(=O)CSc3nnc(C4CC4)n3-c3ccccc3)CC2)cc1. The summed E-state index contributed by atoms with van der Waals surface area (Å²) in [5.41, 5.74) is 2.22. The van der Waals surface area contributed by atoms with Crippen LogP contribution in [0.1, 0.15) is 24.6 Å². The van der Waals surface area contributed by atoms with E-state index < -0.39 is 0 Å². The number of aromatic nitrogens is 3. The van der Waals surface area contributed by atoms with E-state index in [9.17, 15) is 4.79 Å². The molecule has 0 bridgehead atoms. The van der Waals surface area contributed by atoms with Gasteiger partial charge in [0.1, 0.15) is 11.6 Å². The number of hydrogen-bond donors (Lipinski definition) is 0. The molecule has 7 nitrogen and oxygen atoms in total. The zero-order chi connectivity index (χ0) is 21.9. The number of methoxy groups -OCH3 is 1. The minimum Gasteiger partial charge on any atom is -0.497 e. The molecule has 0 N–H and O–H groups in total. The van der Waals surface area contributed by atoms with Gasteiger partial charge in [0.05, 0.1) is 12.9 Å². The predicted octanol–water partition coefficient (Wildman–Crippen LogP) is 3.59. The number of anilines is 1. The summed E-state index contributed by atoms with van der Waals surface area (Å²) in [6.07, 6.45) is 2.32. The van der Waals surface area contributed by atoms with Crippen molar-refractivity contribution >= 4 is 23.4 Å². The molecule has 2 heterocycles. The van der Waals surface area contributed by atoms with Crippen molar-refractivity contribution in [3.8, 4) is 11.4 Å². The average Bonchev–Trinajstić information content (AvgIpc) is 3.62. The maximum Gasteiger partial charge on any atom is 0.233 e. The lowest BCUT2D eigenvalue weighted by Crippen LogP contribution is -2.49. The molecular formula is C24H27N5O2S. The van der Waals surface area contributed by atoms with Gasteiger partial charge in [-0.25, -0.2) is 0 Å². The average molecular weight is 450 g/mol. The Morgan fingerprint density at radius 2 is 1.69 bits per heavy atom. The maximum absolute atomic E-state index is 12.9. The van der Waals surface area contributed by atoms with E-state index in [0.717, 1.165) is 67.1 Å². The number of hydrogen-bond acceptors (Lipinski definition) is 6. The van der Waals surface area contributed by atoms with Gasteiger partial charge in [-0.3, -0.25) is 9.36 Å². The van der Waals surface area contributed by atoms with Crippen LogP contribution in [-0.2, 0) is 4.79 Å². The van der Waals surface area contributed by atoms with Gasteiger partial charge in [-0.15, -0.1) is 10.2 Å². The Morgan fingerprint density at radius 3 is 2.34 bits per heavy atom. The normalized spacial score (nSPS) is 16.3. The lowest BCUT2D eigenvalue weighted by atomic mass is 10.2. The summed E-state index contributed by atoms with van der Waals surface area (Å²) >= 11 is 1.48. The van der Waals surface area contributed by atoms with Gasteiger partial charge in [0.2, 0.25) is 5.91 Å². The molecule has 0 unspecified atom stereocenters. The Labute approximate surface area is 192 Å². The number of benzene rings is 2. The quantitative estimate of drug-likeness (QED) is 0.514. The molecule has 1 amide bonds. The molecule has 2 aliphatic rings. The number of para-hydroxylation sites is 1. The summed E-state index contributed by atoms with van der Waals surface area (Å²) in [5, 5.41) is 9.67. The van der Waals surface area contributed by atoms with Crippen LogP contribution in [0.2, 0.25) is 0 Å². The Balaban J connectivity index is 1.20. The minimum absolute atomic E-state index is 0.153. The van der Waals surface area contributed by atoms with Crippen LogP contribution in [0.25, 0.3) is 5.69 Å². The van der Waals surface area contributed by atoms with E-state index in [2.05, 4.69) is 43.9 Å². The second-order valence-corrected chi connectivity index (χ2v) is 9.08. The number of ether oxygens (including phenoxy) is 1. The molecule has 166 valence electrons. The van der Waals surface area contributed by atoms with Gasteiger partial charge in [0.25, 0.3) is 0 Å². The highest BCUT2D eigenvalue weighted by atomic mass is 32.2. The number of piperazine rings is 1. The van der Waals surface area contributed by atoms with Crippen molar-refractivity contribution in [2.24, 2.45) is 0 Å². The van der Waals surface area contributed by atoms with Crippen LogP contribution >= 0.6 is 11.8 Å². The second-order valence-electron chi connectivity index (χ2n) is 8.14. The molecule has 0 spiro atoms. The van der Waals surface area contributed by atoms with Crippen molar-refractivity contribution in [2.75, 3.05) is 43.9 Å². The van der Waals surface area contributed by atoms with Crippen molar-refractivity contribution < 1.29 is 9.53 Å². The van der Waals surface area contributed by atoms with Gasteiger partial charge in [-0.2, -0.15) is 0 Å². The lowest BCUT2D eigenvalue weighted by Gasteiger charge is -2.36. The van der Waals surface area contributed by atoms with Crippen LogP contribution in [0.15, 0.2) is 59.8 Å². The van der Waals surface area contributed by atoms with Crippen molar-refractivity contribution in [1.82, 2.24) is 19.7 Å². The van der Waals surface area contributed by atoms with E-state index in [-0.39, 0.29) is 5.91 Å². The van der Waals surface area contributed by atoms with Crippen LogP contribution in [0.5, 0.6) is 5.75 Å². The van der Waals surface area contributed by atoms with Crippen LogP contribution in [-0.4, -0.2) is 64.6 Å². The molecule has 32 heavy (non-hydrogen) atoms. The zero-order valence-electron chi connectivity index (χ0n) is 18.2. The first-order chi connectivity index (χ1) is 15.7. The fourth-order valence-corrected chi connectivity index (χ4v) is 4.89. The van der Waals surface area contributed by atoms with Gasteiger partial charge in [-0.05, 0) is 49.2 Å². The van der Waals surface area contributed by atoms with E-state index in [1.807, 2.05) is 35.2 Å². The van der Waals surface area contributed by atoms with Gasteiger partial charge < -0.3 is 14.5 Å². The highest BCUT2D eigenvalue weighted by Gasteiger charge is 2.31. The topological polar surface area (TPSA) is 63.5 Å². The molecule has 8 heteroatoms. The van der Waals surface area contributed by atoms with Crippen LogP contribution in [0.4, 0.5) is 5.69 Å². The smallest absolute Gasteiger partial charge is 0.233 e. The summed E-state index contributed by atoms with van der Waals surface area (Å²) in [5.74, 6) is 2.88. The minimum atomic E-state index is 0.153. The van der Waals surface area contributed by atoms with E-state index in [0.29, 0.717) is 11.7 Å². The molecule has 1 saturated heterocycles. The molecule has 1 saturated carbocycles. The van der Waals surface area contributed by atoms with E-state index in [1.165, 1.54) is 11.8 Å². The number of nitrogens with zero attached hydrogens (tertiary/aromatic N) is 5. The highest BCUT2D eigenvalue weighted by Crippen LogP contribution is 2.41. The first-order valence-electron chi connectivity index (χ1n) is 11.0. The second kappa shape index (κ2) is 9.24. The summed E-state index contributed by atoms with van der Waals surface area (Å²) in [4.78, 5) is 17.2. The Morgan fingerprint density at radius 1 is 0.969 bits per heavy atom. The molecule has 0 radical (unpaired) electrons. The first-order valence-corrected chi connectivity index (χ1v) is 12.0. The maximum atomic E-state index is 12.9. The van der Waals surface area contributed by atoms with Gasteiger partial charge in [0, 0.05) is 43.5 Å². The van der Waals surface area contributed by atoms with Crippen molar-refractivity contribution in [2.45, 2.75) is 23.9 Å². The monoisotopic (exact) mass is 449 g/mol. The molecule has 5 rings (SSSR count). The third-order valence-corrected chi connectivity index (χ3v) is 6.92. The third-order valence-electron chi connectivity index (χ3n) is 6.01. The molecule has 2 fully saturated rings. The number of rotatable bonds is 7. The summed E-state index contributed by atoms with van der Waals surface area (Å²) in [7, 11) is 1.67. The molecule has 1 aromatic heterocycles. The van der Waals surface area contributed by atoms with Gasteiger partial charge in [0.15, 0.2) is 5.16 Å². The summed E-state index contributed by atoms with van der Waals surface area (Å²) in [6.45, 7) is 3.11. The van der Waals surface area contributed by atoms with E-state index in [1.54, 1.807) is 7.11 Å². The molecule has 3 aromatic rings. The molecule has 2 aromatic carbocycles. The molecule has 1 aliphatic heterocycles. The van der Waals surface area contributed by atoms with Gasteiger partial charge in [-0.1, -0.05) is 30.0 Å². The lowest BCUT2D eigenvalue weighted by molar-refractivity contribution is -0.128. The Bertz CT molecular complexity index is 1060. The number of thioether (sulfide) groups is 1. The van der Waals surface area contributed by atoms with Crippen molar-refractivity contribution in [1.29, 1.82) is 0 Å². The predicted molar refractivity (Wildman–Crippen MR) is 126 cm³/mol. The fourth-order valence-electron chi connectivity index (χ4n) is 4.03. The van der Waals surface area contributed by atoms with Crippen LogP contribution in [0, 0.1) is 0 Å².